The second-order valence-corrected chi connectivity index (χ2v) is 6.67. The van der Waals surface area contributed by atoms with E-state index in [0.717, 1.165) is 31.4 Å². The van der Waals surface area contributed by atoms with Gasteiger partial charge in [0, 0.05) is 18.2 Å². The lowest BCUT2D eigenvalue weighted by molar-refractivity contribution is 0.0817. The fourth-order valence-electron chi connectivity index (χ4n) is 3.17. The van der Waals surface area contributed by atoms with Gasteiger partial charge >= 0.3 is 0 Å². The minimum atomic E-state index is -0.534. The third kappa shape index (κ3) is 3.29. The van der Waals surface area contributed by atoms with E-state index in [0.29, 0.717) is 28.3 Å². The normalized spacial score (nSPS) is 15.9. The first-order chi connectivity index (χ1) is 11.5. The highest BCUT2D eigenvalue weighted by atomic mass is 16.5. The van der Waals surface area contributed by atoms with Crippen molar-refractivity contribution in [1.29, 1.82) is 0 Å². The molecule has 2 aromatic rings. The molecule has 0 bridgehead atoms. The SMILES string of the molecule is CCC(CC)C(O)CNC(=O)c1cc(C2CC2)nc2onc(C)c12. The van der Waals surface area contributed by atoms with Gasteiger partial charge in [0.25, 0.3) is 11.6 Å². The Morgan fingerprint density at radius 1 is 1.42 bits per heavy atom. The van der Waals surface area contributed by atoms with Crippen LogP contribution in [0.25, 0.3) is 11.1 Å². The fourth-order valence-corrected chi connectivity index (χ4v) is 3.17. The molecule has 2 heterocycles. The van der Waals surface area contributed by atoms with E-state index in [-0.39, 0.29) is 18.4 Å². The van der Waals surface area contributed by atoms with Crippen LogP contribution in [0.15, 0.2) is 10.6 Å². The van der Waals surface area contributed by atoms with E-state index in [1.807, 2.05) is 19.9 Å². The molecule has 0 radical (unpaired) electrons. The summed E-state index contributed by atoms with van der Waals surface area (Å²) < 4.78 is 5.27. The smallest absolute Gasteiger partial charge is 0.259 e. The van der Waals surface area contributed by atoms with Gasteiger partial charge in [-0.05, 0) is 31.7 Å². The predicted octanol–water partition coefficient (Wildman–Crippen LogP) is 2.94. The minimum absolute atomic E-state index is 0.196. The zero-order valence-corrected chi connectivity index (χ0v) is 14.5. The number of pyridine rings is 1. The van der Waals surface area contributed by atoms with Gasteiger partial charge in [0.05, 0.1) is 22.7 Å². The number of hydrogen-bond donors (Lipinski definition) is 2. The van der Waals surface area contributed by atoms with Crippen LogP contribution in [0.1, 0.15) is 67.2 Å². The Morgan fingerprint density at radius 2 is 2.12 bits per heavy atom. The molecule has 130 valence electrons. The minimum Gasteiger partial charge on any atom is -0.391 e. The predicted molar refractivity (Wildman–Crippen MR) is 90.9 cm³/mol. The van der Waals surface area contributed by atoms with E-state index in [1.54, 1.807) is 6.92 Å². The van der Waals surface area contributed by atoms with Gasteiger partial charge in [-0.25, -0.2) is 4.98 Å². The van der Waals surface area contributed by atoms with Gasteiger partial charge in [0.15, 0.2) is 0 Å². The molecule has 1 fully saturated rings. The Balaban J connectivity index is 1.82. The molecule has 2 N–H and O–H groups in total. The lowest BCUT2D eigenvalue weighted by atomic mass is 9.96. The van der Waals surface area contributed by atoms with E-state index >= 15 is 0 Å². The summed E-state index contributed by atoms with van der Waals surface area (Å²) in [5.74, 6) is 0.407. The second-order valence-electron chi connectivity index (χ2n) is 6.67. The fraction of sp³-hybridized carbons (Fsp3) is 0.611. The summed E-state index contributed by atoms with van der Waals surface area (Å²) in [7, 11) is 0. The Bertz CT molecular complexity index is 732. The number of aliphatic hydroxyl groups excluding tert-OH is 1. The van der Waals surface area contributed by atoms with Crippen molar-refractivity contribution in [3.63, 3.8) is 0 Å². The van der Waals surface area contributed by atoms with Gasteiger partial charge in [0.2, 0.25) is 0 Å². The summed E-state index contributed by atoms with van der Waals surface area (Å²) in [6.45, 7) is 6.15. The van der Waals surface area contributed by atoms with Crippen molar-refractivity contribution in [2.24, 2.45) is 5.92 Å². The molecule has 2 aromatic heterocycles. The molecule has 6 nitrogen and oxygen atoms in total. The molecule has 0 saturated heterocycles. The van der Waals surface area contributed by atoms with Crippen LogP contribution in [0.2, 0.25) is 0 Å². The molecule has 1 amide bonds. The molecule has 0 aliphatic heterocycles. The first kappa shape index (κ1) is 16.9. The number of hydrogen-bond acceptors (Lipinski definition) is 5. The number of aryl methyl sites for hydroxylation is 1. The van der Waals surface area contributed by atoms with E-state index < -0.39 is 6.10 Å². The molecule has 24 heavy (non-hydrogen) atoms. The maximum absolute atomic E-state index is 12.7. The van der Waals surface area contributed by atoms with Crippen molar-refractivity contribution in [1.82, 2.24) is 15.5 Å². The number of amides is 1. The number of carbonyl (C=O) groups is 1. The molecule has 1 atom stereocenters. The third-order valence-electron chi connectivity index (χ3n) is 4.94. The van der Waals surface area contributed by atoms with E-state index in [4.69, 9.17) is 4.52 Å². The Morgan fingerprint density at radius 3 is 2.75 bits per heavy atom. The average molecular weight is 331 g/mol. The number of nitrogens with one attached hydrogen (secondary N) is 1. The molecule has 3 rings (SSSR count). The summed E-state index contributed by atoms with van der Waals surface area (Å²) in [4.78, 5) is 17.2. The Kier molecular flexibility index (Phi) is 4.85. The van der Waals surface area contributed by atoms with E-state index in [9.17, 15) is 9.90 Å². The second kappa shape index (κ2) is 6.89. The number of rotatable bonds is 7. The van der Waals surface area contributed by atoms with Crippen LogP contribution in [0.5, 0.6) is 0 Å². The number of carbonyl (C=O) groups excluding carboxylic acids is 1. The van der Waals surface area contributed by atoms with Gasteiger partial charge in [0.1, 0.15) is 0 Å². The summed E-state index contributed by atoms with van der Waals surface area (Å²) in [6, 6.07) is 1.85. The maximum atomic E-state index is 12.7. The number of aliphatic hydroxyl groups is 1. The first-order valence-electron chi connectivity index (χ1n) is 8.78. The number of nitrogens with zero attached hydrogens (tertiary/aromatic N) is 2. The highest BCUT2D eigenvalue weighted by Crippen LogP contribution is 2.40. The van der Waals surface area contributed by atoms with Crippen molar-refractivity contribution in [3.8, 4) is 0 Å². The molecule has 1 unspecified atom stereocenters. The molecule has 1 aliphatic rings. The Hall–Kier alpha value is -1.95. The third-order valence-corrected chi connectivity index (χ3v) is 4.94. The van der Waals surface area contributed by atoms with E-state index in [2.05, 4.69) is 15.5 Å². The summed E-state index contributed by atoms with van der Waals surface area (Å²) in [5, 5.41) is 17.7. The van der Waals surface area contributed by atoms with Crippen molar-refractivity contribution in [3.05, 3.63) is 23.0 Å². The number of fused-ring (bicyclic) bond motifs is 1. The molecule has 1 aliphatic carbocycles. The van der Waals surface area contributed by atoms with Crippen LogP contribution < -0.4 is 5.32 Å². The maximum Gasteiger partial charge on any atom is 0.259 e. The van der Waals surface area contributed by atoms with Gasteiger partial charge in [-0.1, -0.05) is 31.8 Å². The summed E-state index contributed by atoms with van der Waals surface area (Å²) >= 11 is 0. The zero-order chi connectivity index (χ0) is 17.3. The largest absolute Gasteiger partial charge is 0.391 e. The van der Waals surface area contributed by atoms with Crippen LogP contribution in [0.4, 0.5) is 0 Å². The zero-order valence-electron chi connectivity index (χ0n) is 14.5. The van der Waals surface area contributed by atoms with Crippen molar-refractivity contribution in [2.45, 2.75) is 58.5 Å². The molecule has 6 heteroatoms. The first-order valence-corrected chi connectivity index (χ1v) is 8.78. The quantitative estimate of drug-likeness (QED) is 0.814. The van der Waals surface area contributed by atoms with Gasteiger partial charge < -0.3 is 14.9 Å². The topological polar surface area (TPSA) is 88.2 Å². The average Bonchev–Trinajstić information content (AvgIpc) is 3.37. The van der Waals surface area contributed by atoms with Crippen LogP contribution in [-0.4, -0.2) is 33.8 Å². The molecular formula is C18H25N3O3. The van der Waals surface area contributed by atoms with Crippen molar-refractivity contribution < 1.29 is 14.4 Å². The summed E-state index contributed by atoms with van der Waals surface area (Å²) in [6.07, 6.45) is 3.45. The highest BCUT2D eigenvalue weighted by Gasteiger charge is 2.28. The van der Waals surface area contributed by atoms with Gasteiger partial charge in [-0.2, -0.15) is 0 Å². The Labute approximate surface area is 141 Å². The molecular weight excluding hydrogens is 306 g/mol. The van der Waals surface area contributed by atoms with Crippen LogP contribution in [0, 0.1) is 12.8 Å². The standard InChI is InChI=1S/C18H25N3O3/c1-4-11(5-2)15(22)9-19-17(23)13-8-14(12-6-7-12)20-18-16(13)10(3)21-24-18/h8,11-12,15,22H,4-7,9H2,1-3H3,(H,19,23). The van der Waals surface area contributed by atoms with E-state index in [1.165, 1.54) is 0 Å². The van der Waals surface area contributed by atoms with Crippen LogP contribution in [0.3, 0.4) is 0 Å². The molecule has 0 spiro atoms. The van der Waals surface area contributed by atoms with Crippen molar-refractivity contribution in [2.75, 3.05) is 6.54 Å². The number of aromatic nitrogens is 2. The van der Waals surface area contributed by atoms with Crippen LogP contribution in [-0.2, 0) is 0 Å². The van der Waals surface area contributed by atoms with Gasteiger partial charge in [-0.15, -0.1) is 0 Å². The molecule has 1 saturated carbocycles. The highest BCUT2D eigenvalue weighted by molar-refractivity contribution is 6.06. The van der Waals surface area contributed by atoms with Crippen LogP contribution >= 0.6 is 0 Å². The lowest BCUT2D eigenvalue weighted by Gasteiger charge is -2.20. The lowest BCUT2D eigenvalue weighted by Crippen LogP contribution is -2.36. The van der Waals surface area contributed by atoms with Gasteiger partial charge in [-0.3, -0.25) is 4.79 Å². The van der Waals surface area contributed by atoms with Crippen molar-refractivity contribution >= 4 is 17.0 Å². The summed E-state index contributed by atoms with van der Waals surface area (Å²) in [5.41, 5.74) is 2.51. The monoisotopic (exact) mass is 331 g/mol. The molecule has 0 aromatic carbocycles.